The highest BCUT2D eigenvalue weighted by Crippen LogP contribution is 2.40. The zero-order chi connectivity index (χ0) is 19.1. The number of aryl methyl sites for hydroxylation is 1. The Hall–Kier alpha value is -2.18. The number of benzene rings is 2. The average Bonchev–Trinajstić information content (AvgIpc) is 3.36. The van der Waals surface area contributed by atoms with Crippen LogP contribution < -0.4 is 5.32 Å². The van der Waals surface area contributed by atoms with Crippen LogP contribution in [0.15, 0.2) is 53.4 Å². The molecule has 0 radical (unpaired) electrons. The number of nitrogens with zero attached hydrogens (tertiary/aromatic N) is 1. The minimum atomic E-state index is -3.46. The molecule has 2 unspecified atom stereocenters. The van der Waals surface area contributed by atoms with Crippen molar-refractivity contribution >= 4 is 21.6 Å². The summed E-state index contributed by atoms with van der Waals surface area (Å²) in [6.07, 6.45) is 0. The van der Waals surface area contributed by atoms with Crippen LogP contribution in [0.1, 0.15) is 37.9 Å². The monoisotopic (exact) mass is 372 g/mol. The Bertz CT molecular complexity index is 911. The van der Waals surface area contributed by atoms with Crippen molar-refractivity contribution < 1.29 is 13.2 Å². The zero-order valence-electron chi connectivity index (χ0n) is 15.5. The second-order valence-corrected chi connectivity index (χ2v) is 9.62. The van der Waals surface area contributed by atoms with Gasteiger partial charge in [0.1, 0.15) is 0 Å². The van der Waals surface area contributed by atoms with Crippen LogP contribution >= 0.6 is 0 Å². The molecule has 6 heteroatoms. The SMILES string of the molecule is Cc1ccc(S(=O)(=O)N2CC2c2ccc(NC(=O)C(C)(C)C)cc2)cc1. The molecule has 3 rings (SSSR count). The van der Waals surface area contributed by atoms with E-state index < -0.39 is 15.4 Å². The summed E-state index contributed by atoms with van der Waals surface area (Å²) >= 11 is 0. The molecule has 0 saturated carbocycles. The molecular weight excluding hydrogens is 348 g/mol. The van der Waals surface area contributed by atoms with E-state index in [0.29, 0.717) is 17.1 Å². The van der Waals surface area contributed by atoms with Crippen LogP contribution in [0.25, 0.3) is 0 Å². The van der Waals surface area contributed by atoms with E-state index >= 15 is 0 Å². The van der Waals surface area contributed by atoms with Gasteiger partial charge in [0.05, 0.1) is 10.9 Å². The highest BCUT2D eigenvalue weighted by Gasteiger charge is 2.45. The van der Waals surface area contributed by atoms with Gasteiger partial charge in [-0.2, -0.15) is 4.31 Å². The lowest BCUT2D eigenvalue weighted by molar-refractivity contribution is -0.123. The van der Waals surface area contributed by atoms with E-state index in [4.69, 9.17) is 0 Å². The zero-order valence-corrected chi connectivity index (χ0v) is 16.3. The molecule has 1 heterocycles. The van der Waals surface area contributed by atoms with E-state index in [9.17, 15) is 13.2 Å². The van der Waals surface area contributed by atoms with Gasteiger partial charge in [0.2, 0.25) is 15.9 Å². The first-order chi connectivity index (χ1) is 12.1. The minimum Gasteiger partial charge on any atom is -0.326 e. The van der Waals surface area contributed by atoms with Crippen molar-refractivity contribution in [1.82, 2.24) is 4.31 Å². The number of sulfonamides is 1. The smallest absolute Gasteiger partial charge is 0.243 e. The van der Waals surface area contributed by atoms with E-state index in [1.807, 2.05) is 52.0 Å². The first-order valence-corrected chi connectivity index (χ1v) is 10.0. The molecule has 0 spiro atoms. The number of rotatable bonds is 4. The molecule has 0 aliphatic carbocycles. The fraction of sp³-hybridized carbons (Fsp3) is 0.350. The van der Waals surface area contributed by atoms with Gasteiger partial charge in [0, 0.05) is 17.6 Å². The van der Waals surface area contributed by atoms with Crippen molar-refractivity contribution in [2.75, 3.05) is 11.9 Å². The van der Waals surface area contributed by atoms with Gasteiger partial charge in [0.15, 0.2) is 0 Å². The van der Waals surface area contributed by atoms with Crippen LogP contribution in [0.4, 0.5) is 5.69 Å². The lowest BCUT2D eigenvalue weighted by atomic mass is 9.95. The minimum absolute atomic E-state index is 0.0553. The van der Waals surface area contributed by atoms with Crippen LogP contribution in [0, 0.1) is 12.3 Å². The Kier molecular flexibility index (Phi) is 4.67. The number of hydrogen-bond donors (Lipinski definition) is 1. The van der Waals surface area contributed by atoms with Crippen LogP contribution in [0.5, 0.6) is 0 Å². The van der Waals surface area contributed by atoms with Gasteiger partial charge >= 0.3 is 0 Å². The predicted molar refractivity (Wildman–Crippen MR) is 102 cm³/mol. The molecule has 1 amide bonds. The Balaban J connectivity index is 1.70. The highest BCUT2D eigenvalue weighted by atomic mass is 32.2. The van der Waals surface area contributed by atoms with Gasteiger partial charge in [-0.15, -0.1) is 0 Å². The normalized spacial score (nSPS) is 19.8. The standard InChI is InChI=1S/C20H24N2O3S/c1-14-5-11-17(12-6-14)26(24,25)22-13-18(22)15-7-9-16(10-8-15)21-19(23)20(2,3)4/h5-12,18H,13H2,1-4H3,(H,21,23). The summed E-state index contributed by atoms with van der Waals surface area (Å²) in [4.78, 5) is 12.3. The van der Waals surface area contributed by atoms with Crippen LogP contribution in [-0.4, -0.2) is 25.2 Å². The van der Waals surface area contributed by atoms with Crippen LogP contribution in [0.2, 0.25) is 0 Å². The third-order valence-corrected chi connectivity index (χ3v) is 6.32. The van der Waals surface area contributed by atoms with E-state index in [2.05, 4.69) is 5.32 Å². The van der Waals surface area contributed by atoms with Gasteiger partial charge in [-0.05, 0) is 36.8 Å². The lowest BCUT2D eigenvalue weighted by Gasteiger charge is -2.17. The third-order valence-electron chi connectivity index (χ3n) is 4.43. The van der Waals surface area contributed by atoms with Crippen LogP contribution in [-0.2, 0) is 14.8 Å². The first kappa shape index (κ1) is 18.6. The Morgan fingerprint density at radius 2 is 1.62 bits per heavy atom. The average molecular weight is 372 g/mol. The van der Waals surface area contributed by atoms with Gasteiger partial charge in [-0.1, -0.05) is 50.6 Å². The predicted octanol–water partition coefficient (Wildman–Crippen LogP) is 3.73. The van der Waals surface area contributed by atoms with Crippen LogP contribution in [0.3, 0.4) is 0 Å². The van der Waals surface area contributed by atoms with Crippen molar-refractivity contribution in [3.8, 4) is 0 Å². The maximum atomic E-state index is 12.7. The summed E-state index contributed by atoms with van der Waals surface area (Å²) in [7, 11) is -3.46. The van der Waals surface area contributed by atoms with E-state index in [-0.39, 0.29) is 11.9 Å². The molecule has 2 atom stereocenters. The Morgan fingerprint density at radius 1 is 1.04 bits per heavy atom. The molecule has 1 aliphatic rings. The molecular formula is C20H24N2O3S. The Morgan fingerprint density at radius 3 is 2.15 bits per heavy atom. The second kappa shape index (κ2) is 6.52. The first-order valence-electron chi connectivity index (χ1n) is 8.59. The van der Waals surface area contributed by atoms with Crippen molar-refractivity contribution in [2.24, 2.45) is 5.41 Å². The maximum absolute atomic E-state index is 12.7. The largest absolute Gasteiger partial charge is 0.326 e. The van der Waals surface area contributed by atoms with Gasteiger partial charge in [0.25, 0.3) is 0 Å². The molecule has 2 aromatic carbocycles. The maximum Gasteiger partial charge on any atom is 0.243 e. The number of hydrogen-bond acceptors (Lipinski definition) is 3. The summed E-state index contributed by atoms with van der Waals surface area (Å²) in [6.45, 7) is 7.97. The van der Waals surface area contributed by atoms with Gasteiger partial charge < -0.3 is 5.32 Å². The molecule has 5 nitrogen and oxygen atoms in total. The van der Waals surface area contributed by atoms with Crippen molar-refractivity contribution in [1.29, 1.82) is 0 Å². The molecule has 1 N–H and O–H groups in total. The number of carbonyl (C=O) groups excluding carboxylic acids is 1. The summed E-state index contributed by atoms with van der Waals surface area (Å²) in [5.41, 5.74) is 2.20. The van der Waals surface area contributed by atoms with Crippen molar-refractivity contribution in [2.45, 2.75) is 38.6 Å². The number of carbonyl (C=O) groups is 1. The molecule has 0 aromatic heterocycles. The summed E-state index contributed by atoms with van der Waals surface area (Å²) in [5, 5.41) is 2.87. The summed E-state index contributed by atoms with van der Waals surface area (Å²) in [6, 6.07) is 14.1. The van der Waals surface area contributed by atoms with Gasteiger partial charge in [-0.25, -0.2) is 8.42 Å². The van der Waals surface area contributed by atoms with Crippen molar-refractivity contribution in [3.05, 3.63) is 59.7 Å². The topological polar surface area (TPSA) is 66.2 Å². The highest BCUT2D eigenvalue weighted by molar-refractivity contribution is 7.89. The summed E-state index contributed by atoms with van der Waals surface area (Å²) < 4.78 is 26.8. The molecule has 1 saturated heterocycles. The quantitative estimate of drug-likeness (QED) is 0.832. The molecule has 0 bridgehead atoms. The molecule has 2 aromatic rings. The van der Waals surface area contributed by atoms with E-state index in [0.717, 1.165) is 11.1 Å². The molecule has 138 valence electrons. The number of nitrogens with one attached hydrogen (secondary N) is 1. The molecule has 26 heavy (non-hydrogen) atoms. The number of anilines is 1. The Labute approximate surface area is 155 Å². The number of amides is 1. The van der Waals surface area contributed by atoms with E-state index in [1.54, 1.807) is 24.3 Å². The second-order valence-electron chi connectivity index (χ2n) is 7.73. The lowest BCUT2D eigenvalue weighted by Crippen LogP contribution is -2.27. The third kappa shape index (κ3) is 3.81. The fourth-order valence-corrected chi connectivity index (χ4v) is 4.16. The van der Waals surface area contributed by atoms with Crippen molar-refractivity contribution in [3.63, 3.8) is 0 Å². The van der Waals surface area contributed by atoms with E-state index in [1.165, 1.54) is 4.31 Å². The molecule has 1 aliphatic heterocycles. The van der Waals surface area contributed by atoms with Gasteiger partial charge in [-0.3, -0.25) is 4.79 Å². The fourth-order valence-electron chi connectivity index (χ4n) is 2.61. The molecule has 1 fully saturated rings. The summed E-state index contributed by atoms with van der Waals surface area (Å²) in [5.74, 6) is -0.0553.